The van der Waals surface area contributed by atoms with Crippen molar-refractivity contribution in [2.45, 2.75) is 38.4 Å². The van der Waals surface area contributed by atoms with E-state index in [1.165, 1.54) is 16.6 Å². The first-order valence-electron chi connectivity index (χ1n) is 11.1. The molecule has 2 aromatic rings. The Bertz CT molecular complexity index is 1290. The first-order chi connectivity index (χ1) is 17.1. The Morgan fingerprint density at radius 3 is 2.64 bits per heavy atom. The minimum atomic E-state index is -1.22. The van der Waals surface area contributed by atoms with Gasteiger partial charge in [0, 0.05) is 55.9 Å². The molecule has 10 nitrogen and oxygen atoms in total. The maximum absolute atomic E-state index is 13.9. The third-order valence-corrected chi connectivity index (χ3v) is 6.22. The standard InChI is InChI=1S/C23H23F3N4O6/c1-11-3-4-36-28-18(35-2)7-13-9-29(11)23(34)19-21(32)20(31)15(10-30(13)19)22(33)27-8-14-16(25)5-12(24)6-17(14)26/h5-6,10-11,13,32H,3-4,7-9H2,1-2H3,(H,27,33)/b28-18+/t11-,13-/m0/s1. The molecule has 13 heteroatoms. The van der Waals surface area contributed by atoms with Crippen molar-refractivity contribution in [3.63, 3.8) is 0 Å². The van der Waals surface area contributed by atoms with E-state index in [0.717, 1.165) is 6.20 Å². The monoisotopic (exact) mass is 508 g/mol. The number of aromatic hydroxyl groups is 1. The predicted molar refractivity (Wildman–Crippen MR) is 119 cm³/mol. The van der Waals surface area contributed by atoms with Crippen LogP contribution in [0.1, 0.15) is 52.2 Å². The summed E-state index contributed by atoms with van der Waals surface area (Å²) < 4.78 is 47.6. The SMILES string of the molecule is CO/C1=N/OCC[C@H](C)N2C[C@H](C1)n1cc(C(=O)NCc3c(F)cc(F)cc3F)c(=O)c(O)c1C2=O. The molecule has 0 unspecified atom stereocenters. The second kappa shape index (κ2) is 9.91. The van der Waals surface area contributed by atoms with Crippen LogP contribution in [-0.2, 0) is 16.1 Å². The van der Waals surface area contributed by atoms with Gasteiger partial charge in [0.1, 0.15) is 29.6 Å². The number of nitrogens with zero attached hydrogens (tertiary/aromatic N) is 3. The molecule has 0 fully saturated rings. The minimum Gasteiger partial charge on any atom is -0.503 e. The molecular weight excluding hydrogens is 485 g/mol. The van der Waals surface area contributed by atoms with Crippen molar-refractivity contribution in [2.24, 2.45) is 5.16 Å². The summed E-state index contributed by atoms with van der Waals surface area (Å²) in [4.78, 5) is 45.6. The molecule has 2 atom stereocenters. The van der Waals surface area contributed by atoms with Crippen molar-refractivity contribution in [2.75, 3.05) is 20.3 Å². The van der Waals surface area contributed by atoms with Gasteiger partial charge in [-0.25, -0.2) is 13.2 Å². The van der Waals surface area contributed by atoms with E-state index in [1.807, 2.05) is 0 Å². The van der Waals surface area contributed by atoms with Crippen molar-refractivity contribution in [3.05, 3.63) is 62.8 Å². The van der Waals surface area contributed by atoms with Gasteiger partial charge in [-0.05, 0) is 6.92 Å². The fraction of sp³-hybridized carbons (Fsp3) is 0.391. The Balaban J connectivity index is 1.72. The molecule has 3 heterocycles. The number of methoxy groups -OCH3 is 1. The van der Waals surface area contributed by atoms with E-state index in [0.29, 0.717) is 18.6 Å². The summed E-state index contributed by atoms with van der Waals surface area (Å²) in [6.07, 6.45) is 1.64. The van der Waals surface area contributed by atoms with Gasteiger partial charge >= 0.3 is 0 Å². The van der Waals surface area contributed by atoms with Crippen molar-refractivity contribution in [1.82, 2.24) is 14.8 Å². The van der Waals surface area contributed by atoms with E-state index >= 15 is 0 Å². The highest BCUT2D eigenvalue weighted by Gasteiger charge is 2.38. The zero-order chi connectivity index (χ0) is 26.1. The van der Waals surface area contributed by atoms with Crippen molar-refractivity contribution in [3.8, 4) is 5.75 Å². The van der Waals surface area contributed by atoms with Gasteiger partial charge in [-0.2, -0.15) is 0 Å². The minimum absolute atomic E-state index is 0.107. The van der Waals surface area contributed by atoms with Gasteiger partial charge in [0.25, 0.3) is 11.8 Å². The Morgan fingerprint density at radius 2 is 1.97 bits per heavy atom. The number of carbonyl (C=O) groups excluding carboxylic acids is 2. The van der Waals surface area contributed by atoms with Crippen LogP contribution in [0.4, 0.5) is 13.2 Å². The maximum atomic E-state index is 13.9. The van der Waals surface area contributed by atoms with E-state index in [9.17, 15) is 32.7 Å². The van der Waals surface area contributed by atoms with Crippen LogP contribution in [0, 0.1) is 17.5 Å². The quantitative estimate of drug-likeness (QED) is 0.655. The summed E-state index contributed by atoms with van der Waals surface area (Å²) >= 11 is 0. The molecule has 0 spiro atoms. The smallest absolute Gasteiger partial charge is 0.274 e. The molecule has 0 saturated carbocycles. The van der Waals surface area contributed by atoms with Gasteiger partial charge < -0.3 is 29.5 Å². The number of carbonyl (C=O) groups is 2. The van der Waals surface area contributed by atoms with E-state index in [-0.39, 0.29) is 37.2 Å². The number of oxime groups is 1. The molecule has 2 N–H and O–H groups in total. The highest BCUT2D eigenvalue weighted by atomic mass is 19.1. The zero-order valence-corrected chi connectivity index (χ0v) is 19.4. The summed E-state index contributed by atoms with van der Waals surface area (Å²) in [6.45, 7) is 1.49. The molecule has 4 rings (SSSR count). The number of hydrogen-bond acceptors (Lipinski definition) is 7. The van der Waals surface area contributed by atoms with Crippen LogP contribution in [0.25, 0.3) is 0 Å². The molecule has 0 radical (unpaired) electrons. The van der Waals surface area contributed by atoms with Crippen molar-refractivity contribution < 1.29 is 37.4 Å². The first kappa shape index (κ1) is 25.1. The number of aromatic nitrogens is 1. The fourth-order valence-electron chi connectivity index (χ4n) is 4.22. The van der Waals surface area contributed by atoms with Crippen LogP contribution in [0.2, 0.25) is 0 Å². The second-order valence-electron chi connectivity index (χ2n) is 8.48. The Hall–Kier alpha value is -4.03. The number of hydrogen-bond donors (Lipinski definition) is 2. The van der Waals surface area contributed by atoms with E-state index in [4.69, 9.17) is 9.57 Å². The van der Waals surface area contributed by atoms with Crippen molar-refractivity contribution >= 4 is 17.7 Å². The summed E-state index contributed by atoms with van der Waals surface area (Å²) in [5, 5.41) is 16.8. The number of fused-ring (bicyclic) bond motifs is 4. The largest absolute Gasteiger partial charge is 0.503 e. The topological polar surface area (TPSA) is 122 Å². The lowest BCUT2D eigenvalue weighted by molar-refractivity contribution is 0.0479. The molecular formula is C23H23F3N4O6. The van der Waals surface area contributed by atoms with Crippen LogP contribution in [0.3, 0.4) is 0 Å². The highest BCUT2D eigenvalue weighted by molar-refractivity contribution is 5.99. The van der Waals surface area contributed by atoms with Crippen LogP contribution in [-0.4, -0.2) is 58.6 Å². The van der Waals surface area contributed by atoms with Crippen molar-refractivity contribution in [1.29, 1.82) is 0 Å². The molecule has 2 bridgehead atoms. The number of ether oxygens (including phenoxy) is 1. The summed E-state index contributed by atoms with van der Waals surface area (Å²) in [6, 6.07) is 0.0259. The van der Waals surface area contributed by atoms with E-state index < -0.39 is 64.2 Å². The van der Waals surface area contributed by atoms with Gasteiger partial charge in [0.05, 0.1) is 13.2 Å². The predicted octanol–water partition coefficient (Wildman–Crippen LogP) is 2.06. The maximum Gasteiger partial charge on any atom is 0.274 e. The van der Waals surface area contributed by atoms with Gasteiger partial charge in [-0.1, -0.05) is 5.16 Å². The molecule has 1 aromatic heterocycles. The van der Waals surface area contributed by atoms with Gasteiger partial charge in [-0.3, -0.25) is 14.4 Å². The number of pyridine rings is 1. The lowest BCUT2D eigenvalue weighted by atomic mass is 10.0. The number of halogens is 3. The first-order valence-corrected chi connectivity index (χ1v) is 11.1. The lowest BCUT2D eigenvalue weighted by Gasteiger charge is -2.39. The summed E-state index contributed by atoms with van der Waals surface area (Å²) in [7, 11) is 1.39. The summed E-state index contributed by atoms with van der Waals surface area (Å²) in [5.41, 5.74) is -2.60. The average molecular weight is 508 g/mol. The molecule has 2 aliphatic rings. The van der Waals surface area contributed by atoms with E-state index in [1.54, 1.807) is 6.92 Å². The highest BCUT2D eigenvalue weighted by Crippen LogP contribution is 2.31. The van der Waals surface area contributed by atoms with Crippen LogP contribution in [0.15, 0.2) is 28.3 Å². The van der Waals surface area contributed by atoms with Crippen LogP contribution >= 0.6 is 0 Å². The molecule has 0 aliphatic carbocycles. The molecule has 0 saturated heterocycles. The van der Waals surface area contributed by atoms with E-state index in [2.05, 4.69) is 10.5 Å². The fourth-order valence-corrected chi connectivity index (χ4v) is 4.22. The van der Waals surface area contributed by atoms with Gasteiger partial charge in [-0.15, -0.1) is 0 Å². The van der Waals surface area contributed by atoms with Gasteiger partial charge in [0.15, 0.2) is 11.4 Å². The number of amides is 2. The van der Waals surface area contributed by atoms with Gasteiger partial charge in [0.2, 0.25) is 11.3 Å². The molecule has 2 aliphatic heterocycles. The second-order valence-corrected chi connectivity index (χ2v) is 8.48. The molecule has 1 aromatic carbocycles. The van der Waals surface area contributed by atoms with Crippen LogP contribution < -0.4 is 10.7 Å². The summed E-state index contributed by atoms with van der Waals surface area (Å²) in [5.74, 6) is -5.95. The van der Waals surface area contributed by atoms with Crippen LogP contribution in [0.5, 0.6) is 5.75 Å². The third-order valence-electron chi connectivity index (χ3n) is 6.22. The average Bonchev–Trinajstić information content (AvgIpc) is 2.82. The lowest BCUT2D eigenvalue weighted by Crippen LogP contribution is -2.49. The number of nitrogens with one attached hydrogen (secondary N) is 1. The third kappa shape index (κ3) is 4.60. The Labute approximate surface area is 202 Å². The number of rotatable bonds is 3. The molecule has 192 valence electrons. The molecule has 2 amide bonds. The zero-order valence-electron chi connectivity index (χ0n) is 19.4. The Kier molecular flexibility index (Phi) is 6.91. The number of benzene rings is 1. The normalized spacial score (nSPS) is 21.1. The Morgan fingerprint density at radius 1 is 1.28 bits per heavy atom. The molecule has 36 heavy (non-hydrogen) atoms.